The highest BCUT2D eigenvalue weighted by atomic mass is 32.2. The third-order valence-electron chi connectivity index (χ3n) is 6.33. The van der Waals surface area contributed by atoms with Crippen molar-refractivity contribution in [2.24, 2.45) is 11.7 Å². The first-order valence-corrected chi connectivity index (χ1v) is 14.1. The summed E-state index contributed by atoms with van der Waals surface area (Å²) in [6, 6.07) is 5.72. The summed E-state index contributed by atoms with van der Waals surface area (Å²) in [5, 5.41) is 3.45. The largest absolute Gasteiger partial charge is 0.389 e. The molecule has 4 unspecified atom stereocenters. The van der Waals surface area contributed by atoms with Gasteiger partial charge in [-0.15, -0.1) is 0 Å². The number of carbonyl (C=O) groups excluding carboxylic acids is 1. The Balaban J connectivity index is 0.000000213. The maximum absolute atomic E-state index is 13.4. The predicted molar refractivity (Wildman–Crippen MR) is 148 cm³/mol. The first-order valence-electron chi connectivity index (χ1n) is 11.9. The molecule has 200 valence electrons. The van der Waals surface area contributed by atoms with Gasteiger partial charge in [-0.3, -0.25) is 9.78 Å². The van der Waals surface area contributed by atoms with Gasteiger partial charge in [0.05, 0.1) is 30.2 Å². The van der Waals surface area contributed by atoms with Crippen LogP contribution in [0.3, 0.4) is 0 Å². The van der Waals surface area contributed by atoms with Crippen molar-refractivity contribution < 1.29 is 18.3 Å². The van der Waals surface area contributed by atoms with Gasteiger partial charge in [0.25, 0.3) is 0 Å². The number of thioether (sulfide) groups is 1. The highest BCUT2D eigenvalue weighted by molar-refractivity contribution is 7.98. The third-order valence-corrected chi connectivity index (χ3v) is 7.82. The average molecular weight is 550 g/mol. The van der Waals surface area contributed by atoms with Crippen molar-refractivity contribution in [1.29, 1.82) is 0 Å². The molecule has 4 atom stereocenters. The van der Waals surface area contributed by atoms with Crippen LogP contribution in [0.2, 0.25) is 0 Å². The van der Waals surface area contributed by atoms with Gasteiger partial charge < -0.3 is 21.5 Å². The van der Waals surface area contributed by atoms with Crippen LogP contribution in [0.25, 0.3) is 10.6 Å². The van der Waals surface area contributed by atoms with Crippen LogP contribution < -0.4 is 16.8 Å². The van der Waals surface area contributed by atoms with Crippen molar-refractivity contribution in [1.82, 2.24) is 9.97 Å². The van der Waals surface area contributed by atoms with E-state index in [0.29, 0.717) is 18.1 Å². The minimum atomic E-state index is -0.730. The van der Waals surface area contributed by atoms with E-state index in [2.05, 4.69) is 34.5 Å². The zero-order chi connectivity index (χ0) is 26.9. The van der Waals surface area contributed by atoms with E-state index in [0.717, 1.165) is 54.4 Å². The highest BCUT2D eigenvalue weighted by Crippen LogP contribution is 2.39. The normalized spacial score (nSPS) is 21.1. The summed E-state index contributed by atoms with van der Waals surface area (Å²) in [4.78, 5) is 18.5. The van der Waals surface area contributed by atoms with Crippen LogP contribution in [-0.2, 0) is 4.74 Å². The van der Waals surface area contributed by atoms with E-state index in [9.17, 15) is 13.6 Å². The quantitative estimate of drug-likeness (QED) is 0.260. The number of halogens is 2. The molecule has 0 radical (unpaired) electrons. The molecular formula is C26H33F2N5O2S2. The second-order valence-corrected chi connectivity index (χ2v) is 10.8. The summed E-state index contributed by atoms with van der Waals surface area (Å²) in [5.74, 6) is 0.546. The molecule has 1 aromatic carbocycles. The Morgan fingerprint density at radius 3 is 2.59 bits per heavy atom. The summed E-state index contributed by atoms with van der Waals surface area (Å²) in [6.07, 6.45) is 8.61. The number of benzene rings is 1. The number of thiazole rings is 1. The summed E-state index contributed by atoms with van der Waals surface area (Å²) < 4.78 is 32.8. The van der Waals surface area contributed by atoms with Crippen LogP contribution in [0.15, 0.2) is 36.7 Å². The second-order valence-electron chi connectivity index (χ2n) is 8.83. The van der Waals surface area contributed by atoms with Crippen molar-refractivity contribution >= 4 is 40.1 Å². The lowest BCUT2D eigenvalue weighted by Gasteiger charge is -2.39. The molecule has 1 aliphatic carbocycles. The molecule has 0 saturated heterocycles. The maximum atomic E-state index is 13.4. The minimum absolute atomic E-state index is 0.00246. The molecule has 1 aliphatic rings. The van der Waals surface area contributed by atoms with Crippen LogP contribution in [0.1, 0.15) is 41.7 Å². The number of hydrogen-bond donors (Lipinski definition) is 3. The molecule has 0 amide bonds. The molecule has 2 heterocycles. The molecule has 0 spiro atoms. The molecule has 4 rings (SSSR count). The van der Waals surface area contributed by atoms with Gasteiger partial charge in [0, 0.05) is 25.0 Å². The van der Waals surface area contributed by atoms with Crippen molar-refractivity contribution in [2.75, 3.05) is 36.7 Å². The Kier molecular flexibility index (Phi) is 10.8. The van der Waals surface area contributed by atoms with E-state index in [4.69, 9.17) is 16.2 Å². The van der Waals surface area contributed by atoms with Gasteiger partial charge in [-0.05, 0) is 54.7 Å². The number of nitrogens with one attached hydrogen (secondary N) is 1. The highest BCUT2D eigenvalue weighted by Gasteiger charge is 2.35. The van der Waals surface area contributed by atoms with Crippen molar-refractivity contribution in [2.45, 2.75) is 37.8 Å². The van der Waals surface area contributed by atoms with Gasteiger partial charge in [-0.2, -0.15) is 11.8 Å². The van der Waals surface area contributed by atoms with E-state index in [1.165, 1.54) is 11.6 Å². The van der Waals surface area contributed by atoms with E-state index in [1.54, 1.807) is 0 Å². The molecule has 11 heteroatoms. The van der Waals surface area contributed by atoms with Gasteiger partial charge in [0.1, 0.15) is 27.3 Å². The number of nitrogens with two attached hydrogens (primary N) is 2. The Labute approximate surface area is 224 Å². The lowest BCUT2D eigenvalue weighted by Crippen LogP contribution is -2.46. The SMILES string of the molecule is CNc1cnccc1C1CC(C)C(OCCSC)C(N)C1.Nc1sc(-c2c(F)cccc2F)nc1C=O. The zero-order valence-electron chi connectivity index (χ0n) is 21.1. The van der Waals surface area contributed by atoms with Gasteiger partial charge in [-0.25, -0.2) is 13.8 Å². The molecule has 0 bridgehead atoms. The number of rotatable bonds is 8. The third kappa shape index (κ3) is 7.25. The molecule has 1 saturated carbocycles. The number of pyridine rings is 1. The van der Waals surface area contributed by atoms with Gasteiger partial charge in [0.15, 0.2) is 6.29 Å². The van der Waals surface area contributed by atoms with Crippen molar-refractivity contribution in [3.63, 3.8) is 0 Å². The molecular weight excluding hydrogens is 516 g/mol. The number of carbonyl (C=O) groups is 1. The molecule has 37 heavy (non-hydrogen) atoms. The van der Waals surface area contributed by atoms with Crippen LogP contribution >= 0.6 is 23.1 Å². The molecule has 2 aromatic heterocycles. The summed E-state index contributed by atoms with van der Waals surface area (Å²) in [5.41, 5.74) is 14.1. The Morgan fingerprint density at radius 1 is 1.27 bits per heavy atom. The van der Waals surface area contributed by atoms with E-state index >= 15 is 0 Å². The number of nitrogens with zero attached hydrogens (tertiary/aromatic N) is 2. The first kappa shape index (κ1) is 29.0. The van der Waals surface area contributed by atoms with Gasteiger partial charge >= 0.3 is 0 Å². The average Bonchev–Trinajstić information content (AvgIpc) is 3.25. The number of hydrogen-bond acceptors (Lipinski definition) is 9. The van der Waals surface area contributed by atoms with E-state index in [-0.39, 0.29) is 33.4 Å². The predicted octanol–water partition coefficient (Wildman–Crippen LogP) is 5.20. The first-order chi connectivity index (χ1) is 17.8. The van der Waals surface area contributed by atoms with Crippen molar-refractivity contribution in [3.8, 4) is 10.6 Å². The summed E-state index contributed by atoms with van der Waals surface area (Å²) >= 11 is 2.69. The minimum Gasteiger partial charge on any atom is -0.389 e. The smallest absolute Gasteiger partial charge is 0.171 e. The van der Waals surface area contributed by atoms with Crippen LogP contribution in [-0.4, -0.2) is 54.1 Å². The fourth-order valence-electron chi connectivity index (χ4n) is 4.58. The summed E-state index contributed by atoms with van der Waals surface area (Å²) in [7, 11) is 1.95. The lowest BCUT2D eigenvalue weighted by molar-refractivity contribution is -0.0149. The number of aromatic nitrogens is 2. The lowest BCUT2D eigenvalue weighted by atomic mass is 9.74. The number of nitrogen functional groups attached to an aromatic ring is 1. The fourth-order valence-corrected chi connectivity index (χ4v) is 5.69. The van der Waals surface area contributed by atoms with Gasteiger partial charge in [0.2, 0.25) is 0 Å². The number of anilines is 2. The Hall–Kier alpha value is -2.60. The fraction of sp³-hybridized carbons (Fsp3) is 0.423. The molecule has 1 fully saturated rings. The topological polar surface area (TPSA) is 116 Å². The van der Waals surface area contributed by atoms with Crippen molar-refractivity contribution in [3.05, 3.63) is 59.6 Å². The van der Waals surface area contributed by atoms with Crippen LogP contribution in [0.4, 0.5) is 19.5 Å². The van der Waals surface area contributed by atoms with Crippen LogP contribution in [0, 0.1) is 17.6 Å². The second kappa shape index (κ2) is 13.8. The van der Waals surface area contributed by atoms with E-state index in [1.807, 2.05) is 31.2 Å². The Morgan fingerprint density at radius 2 is 2.00 bits per heavy atom. The maximum Gasteiger partial charge on any atom is 0.171 e. The molecule has 7 nitrogen and oxygen atoms in total. The number of aldehydes is 1. The molecule has 0 aliphatic heterocycles. The van der Waals surface area contributed by atoms with Crippen LogP contribution in [0.5, 0.6) is 0 Å². The van der Waals surface area contributed by atoms with Gasteiger partial charge in [-0.1, -0.05) is 24.3 Å². The number of ether oxygens (including phenoxy) is 1. The molecule has 5 N–H and O–H groups in total. The zero-order valence-corrected chi connectivity index (χ0v) is 22.8. The molecule has 3 aromatic rings. The van der Waals surface area contributed by atoms with E-state index < -0.39 is 11.6 Å². The Bertz CT molecular complexity index is 1150. The standard InChI is InChI=1S/C16H27N3OS.C10H6F2N2OS/c1-11-8-12(13-4-5-19-10-15(13)18-2)9-14(17)16(11)20-6-7-21-3;11-5-2-1-3-6(12)8(5)10-14-7(4-15)9(13)16-10/h4-5,10-12,14,16,18H,6-9,17H2,1-3H3;1-4H,13H2. The monoisotopic (exact) mass is 549 g/mol. The summed E-state index contributed by atoms with van der Waals surface area (Å²) in [6.45, 7) is 3.06.